The zero-order valence-electron chi connectivity index (χ0n) is 4.81. The minimum atomic E-state index is -3.53. The topological polar surface area (TPSA) is 57.2 Å². The number of carboxylic acid groups (broad SMARTS) is 1. The Bertz CT molecular complexity index is 192. The Morgan fingerprint density at radius 3 is 1.82 bits per heavy atom. The van der Waals surface area contributed by atoms with E-state index in [-0.39, 0.29) is 0 Å². The monoisotopic (exact) mass is 205 g/mol. The average Bonchev–Trinajstić information content (AvgIpc) is 1.85. The van der Waals surface area contributed by atoms with E-state index in [4.69, 9.17) is 23.2 Å². The molecular weight excluding hydrogens is 205 g/mol. The van der Waals surface area contributed by atoms with Crippen molar-refractivity contribution in [3.05, 3.63) is 0 Å². The largest absolute Gasteiger partial charge is 0.546 e. The first-order valence-electron chi connectivity index (χ1n) is 2.22. The number of alkyl halides is 4. The van der Waals surface area contributed by atoms with E-state index in [1.807, 2.05) is 0 Å². The maximum atomic E-state index is 11.5. The van der Waals surface area contributed by atoms with Crippen molar-refractivity contribution in [1.82, 2.24) is 0 Å². The highest BCUT2D eigenvalue weighted by molar-refractivity contribution is 6.67. The molecule has 0 spiro atoms. The molecule has 0 amide bonds. The molecule has 0 aromatic rings. The van der Waals surface area contributed by atoms with Crippen LogP contribution in [-0.4, -0.2) is 22.5 Å². The van der Waals surface area contributed by atoms with E-state index < -0.39 is 22.5 Å². The minimum absolute atomic E-state index is 2.10. The van der Waals surface area contributed by atoms with Gasteiger partial charge < -0.3 is 9.90 Å². The second-order valence-electron chi connectivity index (χ2n) is 1.53. The van der Waals surface area contributed by atoms with Crippen molar-refractivity contribution >= 4 is 35.0 Å². The van der Waals surface area contributed by atoms with Crippen LogP contribution in [0, 0.1) is 0 Å². The third-order valence-corrected chi connectivity index (χ3v) is 1.45. The average molecular weight is 206 g/mol. The Morgan fingerprint density at radius 2 is 1.73 bits per heavy atom. The lowest BCUT2D eigenvalue weighted by molar-refractivity contribution is -0.305. The fourth-order valence-electron chi connectivity index (χ4n) is 0.238. The van der Waals surface area contributed by atoms with E-state index in [0.29, 0.717) is 0 Å². The number of Topliss-reactive ketones (excluding diaryl/α,β-unsaturated/α-hetero) is 1. The highest BCUT2D eigenvalue weighted by Crippen LogP contribution is 2.24. The van der Waals surface area contributed by atoms with Crippen LogP contribution in [0.4, 0.5) is 8.78 Å². The van der Waals surface area contributed by atoms with Crippen molar-refractivity contribution in [3.8, 4) is 0 Å². The van der Waals surface area contributed by atoms with Crippen LogP contribution in [0.3, 0.4) is 0 Å². The number of hydrogen-bond donors (Lipinski definition) is 0. The van der Waals surface area contributed by atoms with E-state index in [0.717, 1.165) is 0 Å². The van der Waals surface area contributed by atoms with Gasteiger partial charge in [-0.15, -0.1) is 0 Å². The van der Waals surface area contributed by atoms with Gasteiger partial charge in [0.15, 0.2) is 0 Å². The van der Waals surface area contributed by atoms with Gasteiger partial charge in [-0.3, -0.25) is 4.79 Å². The maximum absolute atomic E-state index is 11.5. The third-order valence-electron chi connectivity index (χ3n) is 0.764. The predicted molar refractivity (Wildman–Crippen MR) is 30.5 cm³/mol. The van der Waals surface area contributed by atoms with Crippen LogP contribution < -0.4 is 5.11 Å². The van der Waals surface area contributed by atoms with Gasteiger partial charge in [-0.1, -0.05) is 23.2 Å². The molecule has 11 heavy (non-hydrogen) atoms. The molecule has 0 radical (unpaired) electrons. The highest BCUT2D eigenvalue weighted by Gasteiger charge is 2.40. The molecule has 0 heterocycles. The summed E-state index contributed by atoms with van der Waals surface area (Å²) >= 11 is 9.38. The lowest BCUT2D eigenvalue weighted by Gasteiger charge is -2.17. The molecule has 3 nitrogen and oxygen atoms in total. The molecule has 0 bridgehead atoms. The van der Waals surface area contributed by atoms with Gasteiger partial charge in [-0.05, 0) is 0 Å². The molecule has 0 saturated heterocycles. The molecule has 0 aromatic heterocycles. The molecule has 64 valence electrons. The zero-order valence-corrected chi connectivity index (χ0v) is 6.33. The summed E-state index contributed by atoms with van der Waals surface area (Å²) < 4.78 is 19.8. The number of carbonyl (C=O) groups excluding carboxylic acids is 2. The molecule has 0 aromatic carbocycles. The Kier molecular flexibility index (Phi) is 3.19. The van der Waals surface area contributed by atoms with Crippen LogP contribution in [0.2, 0.25) is 0 Å². The highest BCUT2D eigenvalue weighted by atomic mass is 35.5. The quantitative estimate of drug-likeness (QED) is 0.472. The first-order chi connectivity index (χ1) is 4.80. The number of aliphatic carboxylic acids is 1. The van der Waals surface area contributed by atoms with Crippen LogP contribution in [0.15, 0.2) is 0 Å². The van der Waals surface area contributed by atoms with E-state index in [1.54, 1.807) is 0 Å². The number of ketones is 1. The molecule has 0 aliphatic heterocycles. The Hall–Kier alpha value is -0.420. The lowest BCUT2D eigenvalue weighted by Crippen LogP contribution is -2.47. The maximum Gasteiger partial charge on any atom is 0.299 e. The summed E-state index contributed by atoms with van der Waals surface area (Å²) in [6.45, 7) is 0. The first-order valence-corrected chi connectivity index (χ1v) is 2.97. The third kappa shape index (κ3) is 2.27. The number of hydrogen-bond acceptors (Lipinski definition) is 3. The Balaban J connectivity index is 4.56. The summed E-state index contributed by atoms with van der Waals surface area (Å²) in [4.78, 5) is 20.0. The fraction of sp³-hybridized carbons (Fsp3) is 0.500. The van der Waals surface area contributed by atoms with Crippen molar-refractivity contribution in [2.45, 2.75) is 10.8 Å². The van der Waals surface area contributed by atoms with Gasteiger partial charge in [0, 0.05) is 0 Å². The van der Waals surface area contributed by atoms with Gasteiger partial charge in [0.1, 0.15) is 0 Å². The van der Waals surface area contributed by atoms with Crippen molar-refractivity contribution in [1.29, 1.82) is 0 Å². The summed E-state index contributed by atoms with van der Waals surface area (Å²) in [5.41, 5.74) is 0. The summed E-state index contributed by atoms with van der Waals surface area (Å²) in [6.07, 6.45) is -3.53. The molecule has 0 unspecified atom stereocenters. The normalized spacial score (nSPS) is 11.7. The standard InChI is InChI=1S/C4H2Cl2F2O3/c5-4(6,3(10)11)1(9)2(7)8/h2H,(H,10,11)/p-1. The Morgan fingerprint density at radius 1 is 1.36 bits per heavy atom. The summed E-state index contributed by atoms with van der Waals surface area (Å²) in [7, 11) is 0. The van der Waals surface area contributed by atoms with E-state index in [1.165, 1.54) is 0 Å². The SMILES string of the molecule is O=C([O-])C(Cl)(Cl)C(=O)C(F)F. The minimum Gasteiger partial charge on any atom is -0.546 e. The fourth-order valence-corrected chi connectivity index (χ4v) is 0.403. The zero-order chi connectivity index (χ0) is 9.23. The van der Waals surface area contributed by atoms with Crippen molar-refractivity contribution in [2.24, 2.45) is 0 Å². The second kappa shape index (κ2) is 3.32. The van der Waals surface area contributed by atoms with E-state index in [2.05, 4.69) is 0 Å². The van der Waals surface area contributed by atoms with Crippen LogP contribution in [0.5, 0.6) is 0 Å². The molecule has 0 fully saturated rings. The molecule has 0 aliphatic carbocycles. The van der Waals surface area contributed by atoms with Gasteiger partial charge in [0.25, 0.3) is 6.43 Å². The van der Waals surface area contributed by atoms with Gasteiger partial charge in [-0.25, -0.2) is 8.78 Å². The molecule has 0 aliphatic rings. The van der Waals surface area contributed by atoms with Crippen molar-refractivity contribution in [2.75, 3.05) is 0 Å². The van der Waals surface area contributed by atoms with E-state index in [9.17, 15) is 23.5 Å². The molecule has 0 atom stereocenters. The number of carbonyl (C=O) groups is 2. The molecule has 0 saturated carbocycles. The molecule has 0 N–H and O–H groups in total. The van der Waals surface area contributed by atoms with Gasteiger partial charge in [-0.2, -0.15) is 0 Å². The van der Waals surface area contributed by atoms with Gasteiger partial charge in [0.05, 0.1) is 5.97 Å². The van der Waals surface area contributed by atoms with Crippen LogP contribution >= 0.6 is 23.2 Å². The lowest BCUT2D eigenvalue weighted by atomic mass is 10.3. The molecule has 0 rings (SSSR count). The number of halogens is 4. The van der Waals surface area contributed by atoms with Crippen molar-refractivity contribution < 1.29 is 23.5 Å². The summed E-state index contributed by atoms with van der Waals surface area (Å²) in [5.74, 6) is -4.35. The first kappa shape index (κ1) is 10.6. The van der Waals surface area contributed by atoms with Gasteiger partial charge in [0.2, 0.25) is 10.1 Å². The summed E-state index contributed by atoms with van der Waals surface area (Å²) in [5, 5.41) is 9.84. The number of rotatable bonds is 3. The van der Waals surface area contributed by atoms with E-state index >= 15 is 0 Å². The predicted octanol–water partition coefficient (Wildman–Crippen LogP) is -0.256. The van der Waals surface area contributed by atoms with Gasteiger partial charge >= 0.3 is 0 Å². The number of carboxylic acids is 1. The molecular formula is C4HCl2F2O3-. The van der Waals surface area contributed by atoms with Crippen LogP contribution in [0.1, 0.15) is 0 Å². The van der Waals surface area contributed by atoms with Crippen LogP contribution in [0.25, 0.3) is 0 Å². The van der Waals surface area contributed by atoms with Crippen LogP contribution in [-0.2, 0) is 9.59 Å². The smallest absolute Gasteiger partial charge is 0.299 e. The van der Waals surface area contributed by atoms with Crippen molar-refractivity contribution in [3.63, 3.8) is 0 Å². The molecule has 7 heteroatoms. The second-order valence-corrected chi connectivity index (χ2v) is 2.85. The Labute approximate surface area is 69.9 Å². The summed E-state index contributed by atoms with van der Waals surface area (Å²) in [6, 6.07) is 0.